The number of fused-ring (bicyclic) bond motifs is 1. The summed E-state index contributed by atoms with van der Waals surface area (Å²) in [5.41, 5.74) is 10.5. The summed E-state index contributed by atoms with van der Waals surface area (Å²) in [6, 6.07) is 15.8. The van der Waals surface area contributed by atoms with Crippen LogP contribution in [0.15, 0.2) is 53.1 Å². The number of benzene rings is 2. The Hall–Kier alpha value is -2.93. The van der Waals surface area contributed by atoms with Crippen molar-refractivity contribution >= 4 is 44.5 Å². The number of nitrogens with zero attached hydrogens (tertiary/aromatic N) is 4. The molecule has 4 rings (SSSR count). The number of anilines is 3. The minimum absolute atomic E-state index is 0.220. The normalized spacial score (nSPS) is 11.0. The van der Waals surface area contributed by atoms with Crippen molar-refractivity contribution in [2.45, 2.75) is 13.8 Å². The summed E-state index contributed by atoms with van der Waals surface area (Å²) < 4.78 is 7.13. The van der Waals surface area contributed by atoms with Gasteiger partial charge in [0.2, 0.25) is 5.95 Å². The molecule has 0 atom stereocenters. The topological polar surface area (TPSA) is 81.1 Å². The van der Waals surface area contributed by atoms with Gasteiger partial charge in [-0.1, -0.05) is 29.4 Å². The molecule has 26 heavy (non-hydrogen) atoms. The van der Waals surface area contributed by atoms with Gasteiger partial charge in [0.15, 0.2) is 5.82 Å². The predicted molar refractivity (Wildman–Crippen MR) is 106 cm³/mol. The first-order valence-corrected chi connectivity index (χ1v) is 8.77. The Morgan fingerprint density at radius 3 is 2.50 bits per heavy atom. The third-order valence-electron chi connectivity index (χ3n) is 4.18. The molecule has 6 nitrogen and oxygen atoms in total. The van der Waals surface area contributed by atoms with Gasteiger partial charge in [0.1, 0.15) is 5.76 Å². The molecule has 7 heteroatoms. The number of hydrogen-bond donors (Lipinski definition) is 1. The van der Waals surface area contributed by atoms with Crippen molar-refractivity contribution in [1.29, 1.82) is 0 Å². The number of nitrogens with two attached hydrogens (primary N) is 1. The number of rotatable bonds is 3. The van der Waals surface area contributed by atoms with Gasteiger partial charge < -0.3 is 10.3 Å². The van der Waals surface area contributed by atoms with Gasteiger partial charge in [-0.2, -0.15) is 4.98 Å². The summed E-state index contributed by atoms with van der Waals surface area (Å²) in [6.07, 6.45) is 0. The van der Waals surface area contributed by atoms with Gasteiger partial charge in [0.25, 0.3) is 0 Å². The Morgan fingerprint density at radius 1 is 1.04 bits per heavy atom. The van der Waals surface area contributed by atoms with Gasteiger partial charge >= 0.3 is 0 Å². The second-order valence-electron chi connectivity index (χ2n) is 5.95. The zero-order chi connectivity index (χ0) is 18.3. The molecule has 2 aromatic heterocycles. The molecule has 0 spiro atoms. The van der Waals surface area contributed by atoms with Crippen LogP contribution in [0.3, 0.4) is 0 Å². The van der Waals surface area contributed by atoms with Crippen molar-refractivity contribution in [2.24, 2.45) is 0 Å². The van der Waals surface area contributed by atoms with E-state index in [1.165, 1.54) is 0 Å². The third-order valence-corrected chi connectivity index (χ3v) is 4.93. The molecule has 2 heterocycles. The lowest BCUT2D eigenvalue weighted by molar-refractivity contribution is 0.393. The van der Waals surface area contributed by atoms with Crippen LogP contribution in [0.2, 0.25) is 0 Å². The van der Waals surface area contributed by atoms with Crippen LogP contribution in [0.4, 0.5) is 17.5 Å². The van der Waals surface area contributed by atoms with Crippen LogP contribution in [-0.2, 0) is 0 Å². The quantitative estimate of drug-likeness (QED) is 0.483. The fraction of sp³-hybridized carbons (Fsp3) is 0.105. The fourth-order valence-corrected chi connectivity index (χ4v) is 3.52. The van der Waals surface area contributed by atoms with Gasteiger partial charge in [-0.3, -0.25) is 3.93 Å². The highest BCUT2D eigenvalue weighted by Crippen LogP contribution is 2.36. The highest BCUT2D eigenvalue weighted by molar-refractivity contribution is 9.10. The Balaban J connectivity index is 1.93. The van der Waals surface area contributed by atoms with E-state index in [-0.39, 0.29) is 5.95 Å². The minimum atomic E-state index is 0.220. The monoisotopic (exact) mass is 409 g/mol. The Kier molecular flexibility index (Phi) is 4.08. The number of halogens is 1. The zero-order valence-corrected chi connectivity index (χ0v) is 15.9. The maximum absolute atomic E-state index is 5.93. The highest BCUT2D eigenvalue weighted by Gasteiger charge is 2.17. The molecule has 0 aliphatic rings. The van der Waals surface area contributed by atoms with E-state index in [0.29, 0.717) is 5.82 Å². The summed E-state index contributed by atoms with van der Waals surface area (Å²) in [5, 5.41) is 4.92. The van der Waals surface area contributed by atoms with E-state index in [4.69, 9.17) is 10.3 Å². The van der Waals surface area contributed by atoms with Crippen molar-refractivity contribution in [3.8, 4) is 11.1 Å². The molecular formula is C19H16BrN5O. The van der Waals surface area contributed by atoms with Gasteiger partial charge in [-0.25, -0.2) is 4.98 Å². The van der Waals surface area contributed by atoms with Crippen LogP contribution >= 0.6 is 16.1 Å². The number of aromatic nitrogens is 3. The lowest BCUT2D eigenvalue weighted by Crippen LogP contribution is -2.07. The van der Waals surface area contributed by atoms with Gasteiger partial charge in [-0.05, 0) is 43.7 Å². The van der Waals surface area contributed by atoms with E-state index in [9.17, 15) is 0 Å². The maximum atomic E-state index is 5.93. The first-order valence-electron chi connectivity index (χ1n) is 8.06. The molecule has 0 aliphatic heterocycles. The molecule has 0 radical (unpaired) electrons. The SMILES string of the molecule is Cc1noc(C)c1-c1ccc2nc(N)nc(N(Br)c3ccccc3)c2c1. The van der Waals surface area contributed by atoms with Crippen LogP contribution < -0.4 is 9.66 Å². The lowest BCUT2D eigenvalue weighted by atomic mass is 10.0. The molecule has 0 unspecified atom stereocenters. The van der Waals surface area contributed by atoms with Gasteiger partial charge in [-0.15, -0.1) is 0 Å². The molecule has 0 aliphatic carbocycles. The Labute approximate surface area is 159 Å². The van der Waals surface area contributed by atoms with Crippen LogP contribution in [0.5, 0.6) is 0 Å². The van der Waals surface area contributed by atoms with Crippen molar-refractivity contribution < 1.29 is 4.52 Å². The zero-order valence-electron chi connectivity index (χ0n) is 14.3. The van der Waals surface area contributed by atoms with Crippen molar-refractivity contribution in [1.82, 2.24) is 15.1 Å². The Bertz CT molecular complexity index is 1070. The Morgan fingerprint density at radius 2 is 1.81 bits per heavy atom. The molecule has 0 amide bonds. The van der Waals surface area contributed by atoms with Crippen LogP contribution in [-0.4, -0.2) is 15.1 Å². The number of aryl methyl sites for hydroxylation is 2. The smallest absolute Gasteiger partial charge is 0.222 e. The minimum Gasteiger partial charge on any atom is -0.368 e. The second kappa shape index (κ2) is 6.42. The van der Waals surface area contributed by atoms with Crippen molar-refractivity contribution in [3.05, 3.63) is 60.0 Å². The van der Waals surface area contributed by atoms with Crippen LogP contribution in [0.25, 0.3) is 22.0 Å². The van der Waals surface area contributed by atoms with Gasteiger partial charge in [0.05, 0.1) is 33.0 Å². The van der Waals surface area contributed by atoms with E-state index in [1.54, 1.807) is 0 Å². The summed E-state index contributed by atoms with van der Waals surface area (Å²) in [7, 11) is 0. The summed E-state index contributed by atoms with van der Waals surface area (Å²) in [4.78, 5) is 8.81. The summed E-state index contributed by atoms with van der Waals surface area (Å²) in [5.74, 6) is 1.67. The van der Waals surface area contributed by atoms with E-state index < -0.39 is 0 Å². The van der Waals surface area contributed by atoms with Crippen molar-refractivity contribution in [3.63, 3.8) is 0 Å². The number of nitrogen functional groups attached to an aromatic ring is 1. The molecular weight excluding hydrogens is 394 g/mol. The molecule has 0 saturated heterocycles. The average Bonchev–Trinajstić information content (AvgIpc) is 2.99. The first kappa shape index (κ1) is 16.5. The summed E-state index contributed by atoms with van der Waals surface area (Å²) in [6.45, 7) is 3.83. The molecule has 4 aromatic rings. The predicted octanol–water partition coefficient (Wildman–Crippen LogP) is 4.93. The van der Waals surface area contributed by atoms with Crippen molar-refractivity contribution in [2.75, 3.05) is 9.66 Å². The largest absolute Gasteiger partial charge is 0.368 e. The first-order chi connectivity index (χ1) is 12.5. The molecule has 0 fully saturated rings. The summed E-state index contributed by atoms with van der Waals surface area (Å²) >= 11 is 3.61. The third kappa shape index (κ3) is 2.80. The van der Waals surface area contributed by atoms with E-state index in [2.05, 4.69) is 31.3 Å². The van der Waals surface area contributed by atoms with E-state index in [0.717, 1.165) is 39.2 Å². The maximum Gasteiger partial charge on any atom is 0.222 e. The number of para-hydroxylation sites is 1. The fourth-order valence-electron chi connectivity index (χ4n) is 3.01. The molecule has 2 N–H and O–H groups in total. The van der Waals surface area contributed by atoms with E-state index in [1.807, 2.05) is 66.3 Å². The average molecular weight is 410 g/mol. The second-order valence-corrected chi connectivity index (χ2v) is 6.66. The van der Waals surface area contributed by atoms with Gasteiger partial charge in [0, 0.05) is 10.9 Å². The number of hydrogen-bond acceptors (Lipinski definition) is 6. The molecule has 0 bridgehead atoms. The molecule has 130 valence electrons. The van der Waals surface area contributed by atoms with Crippen LogP contribution in [0, 0.1) is 13.8 Å². The lowest BCUT2D eigenvalue weighted by Gasteiger charge is -2.18. The standard InChI is InChI=1S/C19H16BrN5O/c1-11-17(12(2)26-24-11)13-8-9-16-15(10-13)18(23-19(21)22-16)25(20)14-6-4-3-5-7-14/h3-10H,1-2H3,(H2,21,22,23). The van der Waals surface area contributed by atoms with E-state index >= 15 is 0 Å². The van der Waals surface area contributed by atoms with Crippen LogP contribution in [0.1, 0.15) is 11.5 Å². The molecule has 0 saturated carbocycles. The highest BCUT2D eigenvalue weighted by atomic mass is 79.9. The molecule has 2 aromatic carbocycles.